The van der Waals surface area contributed by atoms with Crippen LogP contribution < -0.4 is 4.74 Å². The van der Waals surface area contributed by atoms with E-state index in [1.54, 1.807) is 12.0 Å². The van der Waals surface area contributed by atoms with Crippen LogP contribution in [0, 0.1) is 16.7 Å². The monoisotopic (exact) mass is 408 g/mol. The van der Waals surface area contributed by atoms with Crippen LogP contribution in [0.4, 0.5) is 4.79 Å². The fourth-order valence-electron chi connectivity index (χ4n) is 2.93. The van der Waals surface area contributed by atoms with E-state index in [0.29, 0.717) is 32.4 Å². The molecule has 1 saturated heterocycles. The van der Waals surface area contributed by atoms with E-state index < -0.39 is 11.0 Å². The first kappa shape index (κ1) is 19.6. The van der Waals surface area contributed by atoms with Gasteiger partial charge in [-0.25, -0.2) is 4.79 Å². The van der Waals surface area contributed by atoms with Gasteiger partial charge in [0, 0.05) is 17.6 Å². The fourth-order valence-corrected chi connectivity index (χ4v) is 3.43. The summed E-state index contributed by atoms with van der Waals surface area (Å²) < 4.78 is 11.6. The quantitative estimate of drug-likeness (QED) is 0.735. The summed E-state index contributed by atoms with van der Waals surface area (Å²) >= 11 is 3.56. The average Bonchev–Trinajstić information content (AvgIpc) is 2.55. The van der Waals surface area contributed by atoms with Crippen molar-refractivity contribution in [3.8, 4) is 11.8 Å². The Morgan fingerprint density at radius 1 is 1.36 bits per heavy atom. The van der Waals surface area contributed by atoms with E-state index in [1.807, 2.05) is 39.0 Å². The summed E-state index contributed by atoms with van der Waals surface area (Å²) in [5.41, 5.74) is 0.109. The van der Waals surface area contributed by atoms with E-state index >= 15 is 0 Å². The topological polar surface area (TPSA) is 62.6 Å². The second-order valence-corrected chi connectivity index (χ2v) is 8.35. The smallest absolute Gasteiger partial charge is 0.410 e. The summed E-state index contributed by atoms with van der Waals surface area (Å²) in [6, 6.07) is 8.30. The number of amides is 1. The molecule has 1 amide bonds. The Kier molecular flexibility index (Phi) is 5.99. The minimum Gasteiger partial charge on any atom is -0.497 e. The molecule has 2 rings (SSSR count). The van der Waals surface area contributed by atoms with Crippen LogP contribution in [0.25, 0.3) is 0 Å². The molecule has 0 atom stereocenters. The highest BCUT2D eigenvalue weighted by molar-refractivity contribution is 9.10. The van der Waals surface area contributed by atoms with Crippen molar-refractivity contribution in [2.24, 2.45) is 5.41 Å². The van der Waals surface area contributed by atoms with Crippen molar-refractivity contribution in [2.45, 2.75) is 45.6 Å². The van der Waals surface area contributed by atoms with Gasteiger partial charge in [-0.1, -0.05) is 22.0 Å². The molecule has 0 unspecified atom stereocenters. The number of benzene rings is 1. The van der Waals surface area contributed by atoms with Gasteiger partial charge in [0.2, 0.25) is 0 Å². The lowest BCUT2D eigenvalue weighted by atomic mass is 9.75. The van der Waals surface area contributed by atoms with Gasteiger partial charge in [-0.3, -0.25) is 0 Å². The summed E-state index contributed by atoms with van der Waals surface area (Å²) in [5, 5.41) is 9.78. The molecule has 136 valence electrons. The summed E-state index contributed by atoms with van der Waals surface area (Å²) in [4.78, 5) is 13.9. The van der Waals surface area contributed by atoms with E-state index in [4.69, 9.17) is 9.47 Å². The van der Waals surface area contributed by atoms with Crippen LogP contribution in [0.5, 0.6) is 5.75 Å². The molecule has 1 aliphatic heterocycles. The average molecular weight is 409 g/mol. The molecular weight excluding hydrogens is 384 g/mol. The first-order chi connectivity index (χ1) is 11.7. The summed E-state index contributed by atoms with van der Waals surface area (Å²) in [6.45, 7) is 6.65. The molecule has 0 saturated carbocycles. The van der Waals surface area contributed by atoms with Gasteiger partial charge in [-0.15, -0.1) is 0 Å². The Labute approximate surface area is 158 Å². The van der Waals surface area contributed by atoms with Crippen molar-refractivity contribution in [2.75, 3.05) is 20.2 Å². The molecule has 6 heteroatoms. The summed E-state index contributed by atoms with van der Waals surface area (Å²) in [7, 11) is 1.63. The minimum absolute atomic E-state index is 0.301. The van der Waals surface area contributed by atoms with Crippen LogP contribution in [0.3, 0.4) is 0 Å². The van der Waals surface area contributed by atoms with Crippen molar-refractivity contribution in [1.29, 1.82) is 5.26 Å². The van der Waals surface area contributed by atoms with Gasteiger partial charge in [-0.2, -0.15) is 5.26 Å². The molecule has 1 aromatic carbocycles. The zero-order valence-electron chi connectivity index (χ0n) is 15.3. The second-order valence-electron chi connectivity index (χ2n) is 7.49. The van der Waals surface area contributed by atoms with Gasteiger partial charge >= 0.3 is 6.09 Å². The predicted molar refractivity (Wildman–Crippen MR) is 99.5 cm³/mol. The highest BCUT2D eigenvalue weighted by Gasteiger charge is 2.37. The number of carbonyl (C=O) groups excluding carboxylic acids is 1. The Hall–Kier alpha value is -1.74. The summed E-state index contributed by atoms with van der Waals surface area (Å²) in [5.74, 6) is 0.779. The Bertz CT molecular complexity index is 668. The molecule has 0 aromatic heterocycles. The molecule has 0 aliphatic carbocycles. The zero-order chi connectivity index (χ0) is 18.7. The maximum Gasteiger partial charge on any atom is 0.410 e. The number of hydrogen-bond donors (Lipinski definition) is 0. The predicted octanol–water partition coefficient (Wildman–Crippen LogP) is 4.54. The van der Waals surface area contributed by atoms with Crippen LogP contribution in [-0.4, -0.2) is 36.8 Å². The third kappa shape index (κ3) is 5.12. The molecule has 5 nitrogen and oxygen atoms in total. The van der Waals surface area contributed by atoms with Gasteiger partial charge in [0.15, 0.2) is 0 Å². The van der Waals surface area contributed by atoms with Crippen molar-refractivity contribution in [3.63, 3.8) is 0 Å². The Morgan fingerprint density at radius 3 is 2.48 bits per heavy atom. The largest absolute Gasteiger partial charge is 0.497 e. The van der Waals surface area contributed by atoms with Gasteiger partial charge in [0.05, 0.1) is 18.6 Å². The van der Waals surface area contributed by atoms with Crippen LogP contribution in [0.15, 0.2) is 22.7 Å². The lowest BCUT2D eigenvalue weighted by Gasteiger charge is -2.38. The first-order valence-electron chi connectivity index (χ1n) is 8.40. The van der Waals surface area contributed by atoms with Crippen molar-refractivity contribution in [3.05, 3.63) is 28.2 Å². The number of piperidine rings is 1. The number of halogens is 1. The second kappa shape index (κ2) is 7.65. The molecule has 0 spiro atoms. The number of nitrogens with zero attached hydrogens (tertiary/aromatic N) is 2. The van der Waals surface area contributed by atoms with Crippen LogP contribution in [0.2, 0.25) is 0 Å². The van der Waals surface area contributed by atoms with Crippen LogP contribution in [0.1, 0.15) is 39.2 Å². The highest BCUT2D eigenvalue weighted by Crippen LogP contribution is 2.37. The van der Waals surface area contributed by atoms with E-state index in [1.165, 1.54) is 0 Å². The number of carbonyl (C=O) groups is 1. The van der Waals surface area contributed by atoms with E-state index in [9.17, 15) is 10.1 Å². The molecule has 25 heavy (non-hydrogen) atoms. The molecular formula is C19H25BrN2O3. The van der Waals surface area contributed by atoms with Gasteiger partial charge < -0.3 is 14.4 Å². The molecule has 1 aliphatic rings. The molecule has 0 bridgehead atoms. The van der Waals surface area contributed by atoms with Crippen LogP contribution in [-0.2, 0) is 11.2 Å². The maximum atomic E-state index is 12.2. The molecule has 1 aromatic rings. The summed E-state index contributed by atoms with van der Waals surface area (Å²) in [6.07, 6.45) is 1.63. The molecule has 0 N–H and O–H groups in total. The van der Waals surface area contributed by atoms with Crippen molar-refractivity contribution in [1.82, 2.24) is 4.90 Å². The SMILES string of the molecule is COc1ccc(CC2(C#N)CCN(C(=O)OC(C)(C)C)CC2)c(Br)c1. The third-order valence-corrected chi connectivity index (χ3v) is 5.14. The zero-order valence-corrected chi connectivity index (χ0v) is 16.9. The number of likely N-dealkylation sites (tertiary alicyclic amines) is 1. The van der Waals surface area contributed by atoms with Crippen molar-refractivity contribution >= 4 is 22.0 Å². The van der Waals surface area contributed by atoms with Gasteiger partial charge in [0.1, 0.15) is 11.4 Å². The van der Waals surface area contributed by atoms with Crippen molar-refractivity contribution < 1.29 is 14.3 Å². The Balaban J connectivity index is 2.04. The van der Waals surface area contributed by atoms with Gasteiger partial charge in [-0.05, 0) is 57.7 Å². The molecule has 1 heterocycles. The number of methoxy groups -OCH3 is 1. The number of rotatable bonds is 3. The minimum atomic E-state index is -0.505. The number of ether oxygens (including phenoxy) is 2. The highest BCUT2D eigenvalue weighted by atomic mass is 79.9. The lowest BCUT2D eigenvalue weighted by Crippen LogP contribution is -2.45. The normalized spacial score (nSPS) is 16.9. The standard InChI is InChI=1S/C19H25BrN2O3/c1-18(2,3)25-17(23)22-9-7-19(13-21,8-10-22)12-14-5-6-15(24-4)11-16(14)20/h5-6,11H,7-10,12H2,1-4H3. The molecule has 0 radical (unpaired) electrons. The van der Waals surface area contributed by atoms with Gasteiger partial charge in [0.25, 0.3) is 0 Å². The number of hydrogen-bond acceptors (Lipinski definition) is 4. The van der Waals surface area contributed by atoms with E-state index in [2.05, 4.69) is 22.0 Å². The maximum absolute atomic E-state index is 12.2. The van der Waals surface area contributed by atoms with E-state index in [-0.39, 0.29) is 6.09 Å². The van der Waals surface area contributed by atoms with E-state index in [0.717, 1.165) is 15.8 Å². The fraction of sp³-hybridized carbons (Fsp3) is 0.579. The first-order valence-corrected chi connectivity index (χ1v) is 9.19. The molecule has 1 fully saturated rings. The number of nitriles is 1. The third-order valence-electron chi connectivity index (χ3n) is 4.40. The van der Waals surface area contributed by atoms with Crippen LogP contribution >= 0.6 is 15.9 Å². The Morgan fingerprint density at radius 2 is 2.00 bits per heavy atom. The lowest BCUT2D eigenvalue weighted by molar-refractivity contribution is 0.0148.